The molecule has 0 aromatic carbocycles. The molecule has 0 amide bonds. The van der Waals surface area contributed by atoms with Crippen LogP contribution in [0.5, 0.6) is 0 Å². The first-order valence-electron chi connectivity index (χ1n) is 6.26. The van der Waals surface area contributed by atoms with Gasteiger partial charge in [-0.25, -0.2) is 12.2 Å². The standard InChI is InChI=1S/2C7H11OSi.2ClH.Zr/c2*1-4-3-6(8)7(9)5(4)2;;;/h2*4,8H,1-2,9H3;2*1H;/q2*-1;;;+2. The van der Waals surface area contributed by atoms with Crippen molar-refractivity contribution >= 4 is 45.3 Å². The summed E-state index contributed by atoms with van der Waals surface area (Å²) in [6.07, 6.45) is 5.90. The molecule has 2 aliphatic rings. The third kappa shape index (κ3) is 6.62. The Morgan fingerprint density at radius 2 is 1.05 bits per heavy atom. The van der Waals surface area contributed by atoms with Crippen LogP contribution in [0, 0.1) is 24.0 Å². The number of rotatable bonds is 0. The van der Waals surface area contributed by atoms with E-state index in [0.717, 1.165) is 30.9 Å². The minimum absolute atomic E-state index is 0. The van der Waals surface area contributed by atoms with Gasteiger partial charge in [-0.3, -0.25) is 0 Å². The Morgan fingerprint density at radius 1 is 0.810 bits per heavy atom. The van der Waals surface area contributed by atoms with Crippen molar-refractivity contribution in [2.24, 2.45) is 11.8 Å². The molecule has 0 saturated heterocycles. The monoisotopic (exact) mass is 440 g/mol. The third-order valence-corrected chi connectivity index (χ3v) is 6.42. The molecule has 0 bridgehead atoms. The van der Waals surface area contributed by atoms with Gasteiger partial charge in [0.15, 0.2) is 0 Å². The van der Waals surface area contributed by atoms with E-state index in [1.807, 2.05) is 0 Å². The quantitative estimate of drug-likeness (QED) is 0.444. The third-order valence-electron chi connectivity index (χ3n) is 3.90. The van der Waals surface area contributed by atoms with Crippen LogP contribution in [-0.4, -0.2) is 30.7 Å². The van der Waals surface area contributed by atoms with E-state index in [4.69, 9.17) is 10.2 Å². The van der Waals surface area contributed by atoms with Gasteiger partial charge in [0.1, 0.15) is 0 Å². The molecule has 7 heteroatoms. The summed E-state index contributed by atoms with van der Waals surface area (Å²) in [4.78, 5) is 0. The summed E-state index contributed by atoms with van der Waals surface area (Å²) in [6, 6.07) is 0. The summed E-state index contributed by atoms with van der Waals surface area (Å²) in [5.74, 6) is 1.48. The van der Waals surface area contributed by atoms with E-state index in [0.29, 0.717) is 23.4 Å². The zero-order valence-corrected chi connectivity index (χ0v) is 21.5. The van der Waals surface area contributed by atoms with Crippen LogP contribution in [0.4, 0.5) is 0 Å². The first-order chi connectivity index (χ1) is 8.25. The molecule has 0 aromatic rings. The largest absolute Gasteiger partial charge is 2.00 e. The molecule has 2 N–H and O–H groups in total. The van der Waals surface area contributed by atoms with Crippen molar-refractivity contribution in [3.63, 3.8) is 0 Å². The molecule has 0 radical (unpaired) electrons. The molecular formula is C14H24Cl2O2Si2Zr. The van der Waals surface area contributed by atoms with Crippen molar-refractivity contribution in [2.45, 2.75) is 27.7 Å². The Labute approximate surface area is 165 Å². The number of aliphatic hydroxyl groups is 2. The van der Waals surface area contributed by atoms with Crippen LogP contribution in [0.3, 0.4) is 0 Å². The summed E-state index contributed by atoms with van der Waals surface area (Å²) in [5.41, 5.74) is 2.58. The van der Waals surface area contributed by atoms with Gasteiger partial charge in [0.25, 0.3) is 0 Å². The first-order valence-corrected chi connectivity index (χ1v) is 8.26. The maximum atomic E-state index is 9.12. The molecular weight excluding hydrogens is 418 g/mol. The van der Waals surface area contributed by atoms with Crippen molar-refractivity contribution in [1.82, 2.24) is 0 Å². The summed E-state index contributed by atoms with van der Waals surface area (Å²) in [6.45, 7) is 8.22. The van der Waals surface area contributed by atoms with E-state index in [-0.39, 0.29) is 51.0 Å². The van der Waals surface area contributed by atoms with Crippen molar-refractivity contribution in [3.8, 4) is 0 Å². The topological polar surface area (TPSA) is 40.5 Å². The smallest absolute Gasteiger partial charge is 0.546 e. The van der Waals surface area contributed by atoms with Gasteiger partial charge in [-0.2, -0.15) is 21.5 Å². The van der Waals surface area contributed by atoms with Crippen molar-refractivity contribution < 1.29 is 36.4 Å². The van der Waals surface area contributed by atoms with Crippen molar-refractivity contribution in [1.29, 1.82) is 0 Å². The van der Waals surface area contributed by atoms with Gasteiger partial charge in [-0.1, -0.05) is 51.0 Å². The summed E-state index contributed by atoms with van der Waals surface area (Å²) in [5, 5.41) is 20.5. The van der Waals surface area contributed by atoms with Crippen LogP contribution in [0.15, 0.2) is 33.1 Å². The maximum absolute atomic E-state index is 9.12. The van der Waals surface area contributed by atoms with Crippen LogP contribution in [0.25, 0.3) is 0 Å². The molecule has 0 aliphatic heterocycles. The van der Waals surface area contributed by atoms with Gasteiger partial charge in [0.05, 0.1) is 0 Å². The molecule has 118 valence electrons. The molecule has 0 heterocycles. The fraction of sp³-hybridized carbons (Fsp3) is 0.429. The fourth-order valence-corrected chi connectivity index (χ4v) is 3.02. The van der Waals surface area contributed by atoms with Gasteiger partial charge >= 0.3 is 26.2 Å². The van der Waals surface area contributed by atoms with Gasteiger partial charge in [0.2, 0.25) is 0 Å². The van der Waals surface area contributed by atoms with E-state index in [1.165, 1.54) is 11.1 Å². The number of hydrogen-bond acceptors (Lipinski definition) is 2. The Kier molecular flexibility index (Phi) is 13.9. The number of halogens is 2. The van der Waals surface area contributed by atoms with E-state index >= 15 is 0 Å². The second-order valence-electron chi connectivity index (χ2n) is 5.05. The second-order valence-corrected chi connectivity index (χ2v) is 7.05. The van der Waals surface area contributed by atoms with Crippen molar-refractivity contribution in [2.75, 3.05) is 0 Å². The van der Waals surface area contributed by atoms with Gasteiger partial charge in [-0.15, -0.1) is 24.8 Å². The Bertz CT molecular complexity index is 441. The van der Waals surface area contributed by atoms with Crippen LogP contribution in [0.2, 0.25) is 0 Å². The molecule has 2 nitrogen and oxygen atoms in total. The minimum Gasteiger partial charge on any atom is -0.546 e. The predicted octanol–water partition coefficient (Wildman–Crippen LogP) is 1.88. The average Bonchev–Trinajstić information content (AvgIpc) is 2.66. The number of aliphatic hydroxyl groups excluding tert-OH is 2. The molecule has 0 aromatic heterocycles. The maximum Gasteiger partial charge on any atom is 2.00 e. The summed E-state index contributed by atoms with van der Waals surface area (Å²) >= 11 is 0. The Hall–Kier alpha value is 0.457. The van der Waals surface area contributed by atoms with E-state index in [1.54, 1.807) is 0 Å². The van der Waals surface area contributed by atoms with E-state index < -0.39 is 0 Å². The fourth-order valence-electron chi connectivity index (χ4n) is 1.87. The molecule has 2 aliphatic carbocycles. The molecule has 2 rings (SSSR count). The van der Waals surface area contributed by atoms with Crippen LogP contribution >= 0.6 is 24.8 Å². The van der Waals surface area contributed by atoms with Gasteiger partial charge in [-0.05, 0) is 20.5 Å². The normalized spacial score (nSPS) is 23.4. The molecule has 0 fully saturated rings. The van der Waals surface area contributed by atoms with E-state index in [2.05, 4.69) is 39.8 Å². The second kappa shape index (κ2) is 11.1. The molecule has 0 saturated carbocycles. The van der Waals surface area contributed by atoms with Crippen LogP contribution in [-0.2, 0) is 26.2 Å². The van der Waals surface area contributed by atoms with E-state index in [9.17, 15) is 0 Å². The number of allylic oxidation sites excluding steroid dienone is 6. The SMILES string of the molecule is CC1=C([SiH3])C(O)=[C-]C1C.CC1=C([SiH3])C(O)=[C-]C1C.Cl.Cl.[Zr+2]. The van der Waals surface area contributed by atoms with Gasteiger partial charge < -0.3 is 10.2 Å². The van der Waals surface area contributed by atoms with Crippen LogP contribution < -0.4 is 0 Å². The minimum atomic E-state index is 0. The van der Waals surface area contributed by atoms with Gasteiger partial charge in [0, 0.05) is 0 Å². The average molecular weight is 443 g/mol. The summed E-state index contributed by atoms with van der Waals surface area (Å²) < 4.78 is 0. The molecule has 0 spiro atoms. The zero-order valence-electron chi connectivity index (χ0n) is 13.4. The predicted molar refractivity (Wildman–Crippen MR) is 96.9 cm³/mol. The van der Waals surface area contributed by atoms with Crippen LogP contribution in [0.1, 0.15) is 27.7 Å². The molecule has 21 heavy (non-hydrogen) atoms. The zero-order chi connectivity index (χ0) is 14.0. The molecule has 2 unspecified atom stereocenters. The molecule has 2 atom stereocenters. The first kappa shape index (κ1) is 26.4. The van der Waals surface area contributed by atoms with Crippen molar-refractivity contribution in [3.05, 3.63) is 45.2 Å². The Balaban J connectivity index is -0.000000270. The Morgan fingerprint density at radius 3 is 1.10 bits per heavy atom. The summed E-state index contributed by atoms with van der Waals surface area (Å²) in [7, 11) is 1.88. The number of hydrogen-bond donors (Lipinski definition) is 2.